The Hall–Kier alpha value is -0.530. The standard InChI is InChI=1S/C18H34N4O.HI/c1-15(2)12-19-17(20-13-16(23)21(3)4)22-11-10-18(14-22)8-6-5-7-9-18;/h15H,5-14H2,1-4H3,(H,19,20);1H. The normalized spacial score (nSPS) is 20.2. The predicted molar refractivity (Wildman–Crippen MR) is 111 cm³/mol. The van der Waals surface area contributed by atoms with Gasteiger partial charge in [0.25, 0.3) is 0 Å². The maximum absolute atomic E-state index is 11.9. The van der Waals surface area contributed by atoms with E-state index in [2.05, 4.69) is 29.1 Å². The lowest BCUT2D eigenvalue weighted by molar-refractivity contribution is -0.127. The van der Waals surface area contributed by atoms with Gasteiger partial charge >= 0.3 is 0 Å². The van der Waals surface area contributed by atoms with Crippen molar-refractivity contribution in [2.24, 2.45) is 16.3 Å². The molecule has 1 heterocycles. The summed E-state index contributed by atoms with van der Waals surface area (Å²) in [6.07, 6.45) is 8.13. The van der Waals surface area contributed by atoms with Crippen LogP contribution in [0.3, 0.4) is 0 Å². The van der Waals surface area contributed by atoms with E-state index in [9.17, 15) is 4.79 Å². The maximum Gasteiger partial charge on any atom is 0.243 e. The highest BCUT2D eigenvalue weighted by atomic mass is 127. The Morgan fingerprint density at radius 3 is 2.46 bits per heavy atom. The van der Waals surface area contributed by atoms with Gasteiger partial charge in [-0.1, -0.05) is 33.1 Å². The number of aliphatic imine (C=N–C) groups is 1. The van der Waals surface area contributed by atoms with Crippen molar-refractivity contribution in [3.63, 3.8) is 0 Å². The number of halogens is 1. The van der Waals surface area contributed by atoms with E-state index in [1.807, 2.05) is 0 Å². The van der Waals surface area contributed by atoms with E-state index >= 15 is 0 Å². The van der Waals surface area contributed by atoms with Crippen LogP contribution in [0, 0.1) is 11.3 Å². The number of hydrogen-bond donors (Lipinski definition) is 1. The Balaban J connectivity index is 0.00000288. The van der Waals surface area contributed by atoms with Crippen molar-refractivity contribution in [1.82, 2.24) is 15.1 Å². The van der Waals surface area contributed by atoms with Crippen molar-refractivity contribution in [2.75, 3.05) is 40.3 Å². The molecule has 1 N–H and O–H groups in total. The van der Waals surface area contributed by atoms with Crippen molar-refractivity contribution in [3.8, 4) is 0 Å². The first kappa shape index (κ1) is 21.5. The Kier molecular flexibility index (Phi) is 8.81. The average molecular weight is 450 g/mol. The van der Waals surface area contributed by atoms with Crippen LogP contribution in [0.25, 0.3) is 0 Å². The second kappa shape index (κ2) is 9.82. The van der Waals surface area contributed by atoms with Crippen LogP contribution in [0.5, 0.6) is 0 Å². The lowest BCUT2D eigenvalue weighted by Gasteiger charge is -2.33. The fourth-order valence-corrected chi connectivity index (χ4v) is 3.67. The number of carbonyl (C=O) groups excluding carboxylic acids is 1. The molecule has 0 aromatic carbocycles. The molecule has 0 radical (unpaired) electrons. The molecule has 24 heavy (non-hydrogen) atoms. The second-order valence-corrected chi connectivity index (χ2v) is 7.93. The summed E-state index contributed by atoms with van der Waals surface area (Å²) < 4.78 is 0. The number of carbonyl (C=O) groups is 1. The van der Waals surface area contributed by atoms with Crippen molar-refractivity contribution in [2.45, 2.75) is 52.4 Å². The predicted octanol–water partition coefficient (Wildman–Crippen LogP) is 2.95. The summed E-state index contributed by atoms with van der Waals surface area (Å²) in [5.74, 6) is 1.55. The van der Waals surface area contributed by atoms with Crippen LogP contribution in [0.1, 0.15) is 52.4 Å². The van der Waals surface area contributed by atoms with Gasteiger partial charge in [0.1, 0.15) is 6.54 Å². The van der Waals surface area contributed by atoms with Crippen molar-refractivity contribution >= 4 is 35.8 Å². The lowest BCUT2D eigenvalue weighted by Crippen LogP contribution is -2.43. The summed E-state index contributed by atoms with van der Waals surface area (Å²) in [6, 6.07) is 0. The largest absolute Gasteiger partial charge is 0.356 e. The summed E-state index contributed by atoms with van der Waals surface area (Å²) >= 11 is 0. The molecule has 2 aliphatic rings. The molecule has 6 heteroatoms. The summed E-state index contributed by atoms with van der Waals surface area (Å²) in [7, 11) is 3.57. The minimum atomic E-state index is 0. The van der Waals surface area contributed by atoms with Gasteiger partial charge in [-0.3, -0.25) is 4.79 Å². The van der Waals surface area contributed by atoms with Gasteiger partial charge in [-0.2, -0.15) is 0 Å². The van der Waals surface area contributed by atoms with Crippen molar-refractivity contribution in [3.05, 3.63) is 0 Å². The molecule has 0 atom stereocenters. The number of hydrogen-bond acceptors (Lipinski definition) is 2. The molecule has 2 fully saturated rings. The molecule has 1 aliphatic carbocycles. The summed E-state index contributed by atoms with van der Waals surface area (Å²) in [4.78, 5) is 20.5. The molecule has 140 valence electrons. The van der Waals surface area contributed by atoms with E-state index in [-0.39, 0.29) is 36.4 Å². The van der Waals surface area contributed by atoms with Crippen LogP contribution in [0.4, 0.5) is 0 Å². The smallest absolute Gasteiger partial charge is 0.243 e. The molecule has 5 nitrogen and oxygen atoms in total. The molecule has 0 unspecified atom stereocenters. The first-order valence-electron chi connectivity index (χ1n) is 9.15. The highest BCUT2D eigenvalue weighted by Crippen LogP contribution is 2.43. The van der Waals surface area contributed by atoms with Crippen LogP contribution in [0.2, 0.25) is 0 Å². The molecule has 2 rings (SSSR count). The number of nitrogens with zero attached hydrogens (tertiary/aromatic N) is 3. The van der Waals surface area contributed by atoms with Gasteiger partial charge in [0.2, 0.25) is 5.91 Å². The molecule has 1 saturated carbocycles. The molecule has 1 amide bonds. The third-order valence-corrected chi connectivity index (χ3v) is 5.18. The molecule has 1 aliphatic heterocycles. The van der Waals surface area contributed by atoms with Gasteiger partial charge < -0.3 is 15.1 Å². The van der Waals surface area contributed by atoms with E-state index in [1.54, 1.807) is 19.0 Å². The molecule has 0 aromatic heterocycles. The van der Waals surface area contributed by atoms with Gasteiger partial charge in [0.15, 0.2) is 5.96 Å². The molecule has 1 spiro atoms. The highest BCUT2D eigenvalue weighted by molar-refractivity contribution is 14.0. The first-order chi connectivity index (χ1) is 10.9. The zero-order valence-corrected chi connectivity index (χ0v) is 18.1. The summed E-state index contributed by atoms with van der Waals surface area (Å²) in [6.45, 7) is 7.70. The molecular weight excluding hydrogens is 415 g/mol. The van der Waals surface area contributed by atoms with Crippen LogP contribution >= 0.6 is 24.0 Å². The minimum absolute atomic E-state index is 0. The fraction of sp³-hybridized carbons (Fsp3) is 0.889. The number of amides is 1. The van der Waals surface area contributed by atoms with E-state index < -0.39 is 0 Å². The Bertz CT molecular complexity index is 431. The van der Waals surface area contributed by atoms with Gasteiger partial charge in [-0.05, 0) is 30.6 Å². The van der Waals surface area contributed by atoms with Crippen LogP contribution < -0.4 is 5.32 Å². The van der Waals surface area contributed by atoms with Crippen LogP contribution in [0.15, 0.2) is 4.99 Å². The number of guanidine groups is 1. The SMILES string of the molecule is CC(C)CNC(=NCC(=O)N(C)C)N1CCC2(CCCCC2)C1.I. The number of likely N-dealkylation sites (N-methyl/N-ethyl adjacent to an activating group) is 1. The molecule has 1 saturated heterocycles. The van der Waals surface area contributed by atoms with E-state index in [4.69, 9.17) is 0 Å². The van der Waals surface area contributed by atoms with Crippen molar-refractivity contribution < 1.29 is 4.79 Å². The monoisotopic (exact) mass is 450 g/mol. The fourth-order valence-electron chi connectivity index (χ4n) is 3.67. The third kappa shape index (κ3) is 6.08. The maximum atomic E-state index is 11.9. The zero-order valence-electron chi connectivity index (χ0n) is 15.8. The quantitative estimate of drug-likeness (QED) is 0.407. The van der Waals surface area contributed by atoms with Crippen LogP contribution in [-0.2, 0) is 4.79 Å². The lowest BCUT2D eigenvalue weighted by atomic mass is 9.73. The highest BCUT2D eigenvalue weighted by Gasteiger charge is 2.39. The molecule has 0 bridgehead atoms. The second-order valence-electron chi connectivity index (χ2n) is 7.93. The third-order valence-electron chi connectivity index (χ3n) is 5.18. The van der Waals surface area contributed by atoms with E-state index in [0.717, 1.165) is 25.6 Å². The first-order valence-corrected chi connectivity index (χ1v) is 9.15. The van der Waals surface area contributed by atoms with E-state index in [0.29, 0.717) is 11.3 Å². The Morgan fingerprint density at radius 1 is 1.21 bits per heavy atom. The number of nitrogens with one attached hydrogen (secondary N) is 1. The Morgan fingerprint density at radius 2 is 1.88 bits per heavy atom. The molecule has 0 aromatic rings. The van der Waals surface area contributed by atoms with E-state index in [1.165, 1.54) is 38.5 Å². The van der Waals surface area contributed by atoms with Gasteiger partial charge in [0.05, 0.1) is 0 Å². The topological polar surface area (TPSA) is 47.9 Å². The summed E-state index contributed by atoms with van der Waals surface area (Å²) in [5.41, 5.74) is 0.504. The Labute approximate surface area is 164 Å². The zero-order chi connectivity index (χ0) is 16.9. The van der Waals surface area contributed by atoms with Gasteiger partial charge in [-0.25, -0.2) is 4.99 Å². The summed E-state index contributed by atoms with van der Waals surface area (Å²) in [5, 5.41) is 3.48. The number of likely N-dealkylation sites (tertiary alicyclic amines) is 1. The van der Waals surface area contributed by atoms with Gasteiger partial charge in [0, 0.05) is 33.7 Å². The molecular formula is C18H35IN4O. The average Bonchev–Trinajstić information content (AvgIpc) is 2.90. The minimum Gasteiger partial charge on any atom is -0.356 e. The van der Waals surface area contributed by atoms with Gasteiger partial charge in [-0.15, -0.1) is 24.0 Å². The van der Waals surface area contributed by atoms with Crippen molar-refractivity contribution in [1.29, 1.82) is 0 Å². The number of rotatable bonds is 4. The van der Waals surface area contributed by atoms with Crippen LogP contribution in [-0.4, -0.2) is 61.9 Å².